The Morgan fingerprint density at radius 2 is 2.14 bits per heavy atom. The zero-order valence-corrected chi connectivity index (χ0v) is 12.6. The maximum Gasteiger partial charge on any atom is 0.136 e. The third-order valence-electron chi connectivity index (χ3n) is 3.85. The van der Waals surface area contributed by atoms with Crippen LogP contribution in [0.1, 0.15) is 19.0 Å². The lowest BCUT2D eigenvalue weighted by Crippen LogP contribution is -2.27. The van der Waals surface area contributed by atoms with Crippen molar-refractivity contribution >= 4 is 16.6 Å². The van der Waals surface area contributed by atoms with Crippen molar-refractivity contribution in [1.29, 1.82) is 0 Å². The Labute approximate surface area is 126 Å². The van der Waals surface area contributed by atoms with Crippen LogP contribution in [0.15, 0.2) is 30.3 Å². The number of pyridine rings is 1. The number of hydrogen-bond acceptors (Lipinski definition) is 4. The molecule has 1 aliphatic heterocycles. The monoisotopic (exact) mass is 285 g/mol. The van der Waals surface area contributed by atoms with Gasteiger partial charge in [0, 0.05) is 31.6 Å². The fraction of sp³-hybridized carbons (Fsp3) is 0.471. The molecule has 2 aromatic rings. The van der Waals surface area contributed by atoms with E-state index in [4.69, 9.17) is 9.72 Å². The van der Waals surface area contributed by atoms with Gasteiger partial charge in [-0.2, -0.15) is 0 Å². The maximum absolute atomic E-state index is 5.57. The standard InChI is InChI=1S/C17H23N3O/c1-2-18-13-15-12-14-6-3-4-7-16(14)17(19-15)20-8-5-10-21-11-9-20/h3-4,6-7,12,18H,2,5,8-11,13H2,1H3. The predicted molar refractivity (Wildman–Crippen MR) is 86.8 cm³/mol. The van der Waals surface area contributed by atoms with Crippen LogP contribution in [0.5, 0.6) is 0 Å². The number of nitrogens with one attached hydrogen (secondary N) is 1. The Bertz CT molecular complexity index is 592. The Balaban J connectivity index is 2.00. The first kappa shape index (κ1) is 14.3. The number of nitrogens with zero attached hydrogens (tertiary/aromatic N) is 2. The fourth-order valence-corrected chi connectivity index (χ4v) is 2.78. The van der Waals surface area contributed by atoms with Crippen LogP contribution in [0.3, 0.4) is 0 Å². The summed E-state index contributed by atoms with van der Waals surface area (Å²) in [6.45, 7) is 7.47. The molecule has 0 spiro atoms. The molecule has 112 valence electrons. The third-order valence-corrected chi connectivity index (χ3v) is 3.85. The van der Waals surface area contributed by atoms with E-state index in [2.05, 4.69) is 47.5 Å². The molecule has 1 aromatic heterocycles. The smallest absolute Gasteiger partial charge is 0.136 e. The van der Waals surface area contributed by atoms with Crippen molar-refractivity contribution in [2.45, 2.75) is 19.9 Å². The third kappa shape index (κ3) is 3.34. The average molecular weight is 285 g/mol. The summed E-state index contributed by atoms with van der Waals surface area (Å²) in [7, 11) is 0. The van der Waals surface area contributed by atoms with Crippen molar-refractivity contribution in [2.75, 3.05) is 37.7 Å². The number of rotatable bonds is 4. The summed E-state index contributed by atoms with van der Waals surface area (Å²) >= 11 is 0. The van der Waals surface area contributed by atoms with E-state index < -0.39 is 0 Å². The summed E-state index contributed by atoms with van der Waals surface area (Å²) in [5.41, 5.74) is 1.11. The van der Waals surface area contributed by atoms with Crippen LogP contribution in [0, 0.1) is 0 Å². The molecule has 0 aliphatic carbocycles. The highest BCUT2D eigenvalue weighted by Gasteiger charge is 2.15. The van der Waals surface area contributed by atoms with Gasteiger partial charge < -0.3 is 15.0 Å². The average Bonchev–Trinajstić information content (AvgIpc) is 2.81. The molecule has 0 amide bonds. The van der Waals surface area contributed by atoms with Gasteiger partial charge in [-0.1, -0.05) is 31.2 Å². The van der Waals surface area contributed by atoms with Crippen LogP contribution in [0.4, 0.5) is 5.82 Å². The second-order valence-corrected chi connectivity index (χ2v) is 5.39. The predicted octanol–water partition coefficient (Wildman–Crippen LogP) is 2.57. The first-order valence-electron chi connectivity index (χ1n) is 7.80. The van der Waals surface area contributed by atoms with Crippen LogP contribution in [-0.2, 0) is 11.3 Å². The minimum atomic E-state index is 0.785. The SMILES string of the molecule is CCNCc1cc2ccccc2c(N2CCCOCC2)n1. The van der Waals surface area contributed by atoms with Crippen LogP contribution < -0.4 is 10.2 Å². The highest BCUT2D eigenvalue weighted by atomic mass is 16.5. The molecule has 0 saturated carbocycles. The second-order valence-electron chi connectivity index (χ2n) is 5.39. The van der Waals surface area contributed by atoms with E-state index in [9.17, 15) is 0 Å². The molecular formula is C17H23N3O. The Morgan fingerprint density at radius 1 is 1.24 bits per heavy atom. The molecule has 1 saturated heterocycles. The van der Waals surface area contributed by atoms with Crippen molar-refractivity contribution in [3.05, 3.63) is 36.0 Å². The number of aromatic nitrogens is 1. The minimum Gasteiger partial charge on any atom is -0.380 e. The summed E-state index contributed by atoms with van der Waals surface area (Å²) in [5, 5.41) is 5.87. The topological polar surface area (TPSA) is 37.4 Å². The van der Waals surface area contributed by atoms with E-state index in [-0.39, 0.29) is 0 Å². The lowest BCUT2D eigenvalue weighted by atomic mass is 10.1. The molecule has 0 atom stereocenters. The van der Waals surface area contributed by atoms with E-state index >= 15 is 0 Å². The fourth-order valence-electron chi connectivity index (χ4n) is 2.78. The molecule has 1 fully saturated rings. The molecule has 21 heavy (non-hydrogen) atoms. The van der Waals surface area contributed by atoms with Gasteiger partial charge >= 0.3 is 0 Å². The largest absolute Gasteiger partial charge is 0.380 e. The lowest BCUT2D eigenvalue weighted by molar-refractivity contribution is 0.152. The minimum absolute atomic E-state index is 0.785. The van der Waals surface area contributed by atoms with E-state index in [1.165, 1.54) is 10.8 Å². The van der Waals surface area contributed by atoms with Gasteiger partial charge in [0.15, 0.2) is 0 Å². The Hall–Kier alpha value is -1.65. The van der Waals surface area contributed by atoms with Crippen LogP contribution >= 0.6 is 0 Å². The van der Waals surface area contributed by atoms with Gasteiger partial charge in [0.2, 0.25) is 0 Å². The van der Waals surface area contributed by atoms with Crippen molar-refractivity contribution in [1.82, 2.24) is 10.3 Å². The van der Waals surface area contributed by atoms with Crippen molar-refractivity contribution < 1.29 is 4.74 Å². The summed E-state index contributed by atoms with van der Waals surface area (Å²) in [6, 6.07) is 10.7. The second kappa shape index (κ2) is 6.87. The first-order chi connectivity index (χ1) is 10.4. The number of fused-ring (bicyclic) bond motifs is 1. The van der Waals surface area contributed by atoms with E-state index in [1.807, 2.05) is 0 Å². The molecule has 0 radical (unpaired) electrons. The van der Waals surface area contributed by atoms with Gasteiger partial charge in [-0.05, 0) is 24.4 Å². The molecule has 4 nitrogen and oxygen atoms in total. The molecule has 1 aromatic carbocycles. The molecule has 1 N–H and O–H groups in total. The first-order valence-corrected chi connectivity index (χ1v) is 7.80. The number of ether oxygens (including phenoxy) is 1. The number of anilines is 1. The molecule has 1 aliphatic rings. The lowest BCUT2D eigenvalue weighted by Gasteiger charge is -2.23. The van der Waals surface area contributed by atoms with E-state index in [0.717, 1.165) is 57.3 Å². The Morgan fingerprint density at radius 3 is 3.05 bits per heavy atom. The van der Waals surface area contributed by atoms with Gasteiger partial charge in [-0.3, -0.25) is 0 Å². The zero-order chi connectivity index (χ0) is 14.5. The molecular weight excluding hydrogens is 262 g/mol. The normalized spacial score (nSPS) is 16.1. The Kier molecular flexibility index (Phi) is 4.68. The van der Waals surface area contributed by atoms with Crippen molar-refractivity contribution in [3.63, 3.8) is 0 Å². The van der Waals surface area contributed by atoms with E-state index in [1.54, 1.807) is 0 Å². The summed E-state index contributed by atoms with van der Waals surface area (Å²) in [6.07, 6.45) is 1.06. The highest BCUT2D eigenvalue weighted by molar-refractivity contribution is 5.92. The van der Waals surface area contributed by atoms with Gasteiger partial charge in [0.05, 0.1) is 12.3 Å². The summed E-state index contributed by atoms with van der Waals surface area (Å²) in [4.78, 5) is 7.28. The van der Waals surface area contributed by atoms with E-state index in [0.29, 0.717) is 0 Å². The molecule has 0 unspecified atom stereocenters. The van der Waals surface area contributed by atoms with Gasteiger partial charge in [-0.15, -0.1) is 0 Å². The molecule has 4 heteroatoms. The molecule has 2 heterocycles. The molecule has 0 bridgehead atoms. The summed E-state index contributed by atoms with van der Waals surface area (Å²) < 4.78 is 5.57. The van der Waals surface area contributed by atoms with Crippen molar-refractivity contribution in [3.8, 4) is 0 Å². The van der Waals surface area contributed by atoms with Crippen LogP contribution in [-0.4, -0.2) is 37.8 Å². The quantitative estimate of drug-likeness (QED) is 0.937. The highest BCUT2D eigenvalue weighted by Crippen LogP contribution is 2.26. The number of benzene rings is 1. The van der Waals surface area contributed by atoms with Crippen LogP contribution in [0.25, 0.3) is 10.8 Å². The van der Waals surface area contributed by atoms with Crippen molar-refractivity contribution in [2.24, 2.45) is 0 Å². The molecule has 3 rings (SSSR count). The summed E-state index contributed by atoms with van der Waals surface area (Å²) in [5.74, 6) is 1.10. The van der Waals surface area contributed by atoms with Crippen LogP contribution in [0.2, 0.25) is 0 Å². The maximum atomic E-state index is 5.57. The van der Waals surface area contributed by atoms with Gasteiger partial charge in [0.1, 0.15) is 5.82 Å². The number of hydrogen-bond donors (Lipinski definition) is 1. The zero-order valence-electron chi connectivity index (χ0n) is 12.6. The van der Waals surface area contributed by atoms with Gasteiger partial charge in [0.25, 0.3) is 0 Å². The van der Waals surface area contributed by atoms with Gasteiger partial charge in [-0.25, -0.2) is 4.98 Å².